The summed E-state index contributed by atoms with van der Waals surface area (Å²) in [7, 11) is 1.77. The summed E-state index contributed by atoms with van der Waals surface area (Å²) in [5.41, 5.74) is 2.89. The number of nitrogens with zero attached hydrogens (tertiary/aromatic N) is 4. The topological polar surface area (TPSA) is 115 Å². The lowest BCUT2D eigenvalue weighted by Gasteiger charge is -2.26. The zero-order valence-corrected chi connectivity index (χ0v) is 19.0. The van der Waals surface area contributed by atoms with Crippen LogP contribution in [0.15, 0.2) is 29.3 Å². The molecule has 0 saturated heterocycles. The van der Waals surface area contributed by atoms with E-state index in [0.29, 0.717) is 19.4 Å². The number of nitriles is 1. The Hall–Kier alpha value is -3.29. The standard InChI is InChI=1S/C22H20N6O2S2/c1-28(8-2-7-23)21(29)12-3-5-14-16(9-12)31-20-18(14)19(24-11-25-20)26-13-4-6-15-17(10-13)32-22(30)27-15/h4,6,10-12H,2-3,5,8-9H2,1H3,(H,27,30)(H,24,25,26)/t12-/m1/s1. The number of thiophene rings is 1. The fraction of sp³-hybridized carbons (Fsp3) is 0.318. The molecule has 162 valence electrons. The van der Waals surface area contributed by atoms with E-state index < -0.39 is 0 Å². The van der Waals surface area contributed by atoms with Gasteiger partial charge in [-0.15, -0.1) is 11.3 Å². The third-order valence-corrected chi connectivity index (χ3v) is 7.82. The Morgan fingerprint density at radius 3 is 3.09 bits per heavy atom. The van der Waals surface area contributed by atoms with Crippen molar-refractivity contribution in [1.82, 2.24) is 19.9 Å². The van der Waals surface area contributed by atoms with Crippen LogP contribution in [0.25, 0.3) is 20.4 Å². The fourth-order valence-corrected chi connectivity index (χ4v) is 6.26. The summed E-state index contributed by atoms with van der Waals surface area (Å²) in [6.45, 7) is 0.463. The SMILES string of the molecule is CN(CCC#N)C(=O)[C@@H]1CCc2c(sc3ncnc(Nc4ccc5[nH]c(=O)sc5c4)c23)C1. The number of aromatic amines is 1. The molecule has 0 spiro atoms. The predicted octanol–water partition coefficient (Wildman–Crippen LogP) is 3.81. The van der Waals surface area contributed by atoms with Gasteiger partial charge in [0.25, 0.3) is 0 Å². The maximum Gasteiger partial charge on any atom is 0.305 e. The molecule has 1 aliphatic carbocycles. The van der Waals surface area contributed by atoms with Crippen LogP contribution in [-0.2, 0) is 17.6 Å². The quantitative estimate of drug-likeness (QED) is 0.464. The number of rotatable bonds is 5. The number of carbonyl (C=O) groups excluding carboxylic acids is 1. The summed E-state index contributed by atoms with van der Waals surface area (Å²) in [6.07, 6.45) is 4.15. The van der Waals surface area contributed by atoms with Crippen LogP contribution >= 0.6 is 22.7 Å². The van der Waals surface area contributed by atoms with Crippen molar-refractivity contribution in [2.75, 3.05) is 18.9 Å². The van der Waals surface area contributed by atoms with Crippen molar-refractivity contribution >= 4 is 60.5 Å². The number of aryl methyl sites for hydroxylation is 1. The highest BCUT2D eigenvalue weighted by molar-refractivity contribution is 7.19. The van der Waals surface area contributed by atoms with Crippen molar-refractivity contribution in [2.45, 2.75) is 25.7 Å². The first-order valence-electron chi connectivity index (χ1n) is 10.3. The van der Waals surface area contributed by atoms with Gasteiger partial charge in [-0.1, -0.05) is 11.3 Å². The maximum atomic E-state index is 12.8. The highest BCUT2D eigenvalue weighted by Gasteiger charge is 2.30. The Bertz CT molecular complexity index is 1430. The second-order valence-corrected chi connectivity index (χ2v) is 9.96. The number of nitrogens with one attached hydrogen (secondary N) is 2. The van der Waals surface area contributed by atoms with E-state index in [9.17, 15) is 9.59 Å². The first-order valence-corrected chi connectivity index (χ1v) is 11.9. The molecule has 0 unspecified atom stereocenters. The van der Waals surface area contributed by atoms with Gasteiger partial charge in [0.2, 0.25) is 5.91 Å². The van der Waals surface area contributed by atoms with Crippen LogP contribution in [0.2, 0.25) is 0 Å². The number of benzene rings is 1. The molecule has 1 aromatic carbocycles. The Morgan fingerprint density at radius 2 is 2.25 bits per heavy atom. The number of amides is 1. The van der Waals surface area contributed by atoms with Crippen LogP contribution < -0.4 is 10.2 Å². The van der Waals surface area contributed by atoms with Crippen molar-refractivity contribution in [2.24, 2.45) is 5.92 Å². The molecule has 0 saturated carbocycles. The van der Waals surface area contributed by atoms with Crippen LogP contribution in [0.5, 0.6) is 0 Å². The molecule has 0 radical (unpaired) electrons. The molecule has 5 rings (SSSR count). The van der Waals surface area contributed by atoms with Gasteiger partial charge in [0, 0.05) is 30.1 Å². The highest BCUT2D eigenvalue weighted by Crippen LogP contribution is 2.40. The number of aromatic nitrogens is 3. The van der Waals surface area contributed by atoms with Crippen LogP contribution in [-0.4, -0.2) is 39.4 Å². The van der Waals surface area contributed by atoms with E-state index in [2.05, 4.69) is 26.3 Å². The lowest BCUT2D eigenvalue weighted by molar-refractivity contribution is -0.134. The summed E-state index contributed by atoms with van der Waals surface area (Å²) >= 11 is 2.80. The second-order valence-electron chi connectivity index (χ2n) is 7.86. The zero-order chi connectivity index (χ0) is 22.2. The van der Waals surface area contributed by atoms with Gasteiger partial charge >= 0.3 is 4.87 Å². The van der Waals surface area contributed by atoms with E-state index in [-0.39, 0.29) is 16.7 Å². The highest BCUT2D eigenvalue weighted by atomic mass is 32.1. The van der Waals surface area contributed by atoms with Crippen molar-refractivity contribution in [3.05, 3.63) is 44.6 Å². The Labute approximate surface area is 191 Å². The van der Waals surface area contributed by atoms with Crippen LogP contribution in [0, 0.1) is 17.2 Å². The average Bonchev–Trinajstić information content (AvgIpc) is 3.35. The summed E-state index contributed by atoms with van der Waals surface area (Å²) in [5, 5.41) is 13.2. The zero-order valence-electron chi connectivity index (χ0n) is 17.3. The lowest BCUT2D eigenvalue weighted by Crippen LogP contribution is -2.36. The summed E-state index contributed by atoms with van der Waals surface area (Å²) < 4.78 is 0.888. The smallest absolute Gasteiger partial charge is 0.305 e. The van der Waals surface area contributed by atoms with Gasteiger partial charge in [0.1, 0.15) is 17.0 Å². The van der Waals surface area contributed by atoms with Crippen molar-refractivity contribution in [1.29, 1.82) is 5.26 Å². The molecule has 0 aliphatic heterocycles. The largest absolute Gasteiger partial charge is 0.344 e. The molecule has 1 aliphatic rings. The van der Waals surface area contributed by atoms with Gasteiger partial charge in [0.05, 0.1) is 28.1 Å². The monoisotopic (exact) mass is 464 g/mol. The number of H-pyrrole nitrogens is 1. The normalized spacial score (nSPS) is 15.4. The number of thiazole rings is 1. The minimum Gasteiger partial charge on any atom is -0.344 e. The molecule has 1 atom stereocenters. The minimum atomic E-state index is -0.0733. The van der Waals surface area contributed by atoms with Gasteiger partial charge in [0.15, 0.2) is 0 Å². The molecule has 1 amide bonds. The van der Waals surface area contributed by atoms with Gasteiger partial charge in [-0.05, 0) is 43.0 Å². The maximum absolute atomic E-state index is 12.8. The van der Waals surface area contributed by atoms with Crippen molar-refractivity contribution in [3.63, 3.8) is 0 Å². The van der Waals surface area contributed by atoms with Crippen LogP contribution in [0.1, 0.15) is 23.3 Å². The molecular formula is C22H20N6O2S2. The third kappa shape index (κ3) is 3.74. The molecule has 4 aromatic rings. The van der Waals surface area contributed by atoms with Crippen molar-refractivity contribution < 1.29 is 4.79 Å². The predicted molar refractivity (Wildman–Crippen MR) is 127 cm³/mol. The average molecular weight is 465 g/mol. The second kappa shape index (κ2) is 8.33. The van der Waals surface area contributed by atoms with E-state index in [1.54, 1.807) is 29.6 Å². The Balaban J connectivity index is 1.43. The van der Waals surface area contributed by atoms with Gasteiger partial charge in [-0.25, -0.2) is 9.97 Å². The molecule has 0 bridgehead atoms. The molecule has 32 heavy (non-hydrogen) atoms. The number of carbonyl (C=O) groups is 1. The van der Waals surface area contributed by atoms with Gasteiger partial charge < -0.3 is 15.2 Å². The molecule has 3 aromatic heterocycles. The first-order chi connectivity index (χ1) is 15.5. The molecule has 3 heterocycles. The summed E-state index contributed by atoms with van der Waals surface area (Å²) in [5.74, 6) is 0.777. The minimum absolute atomic E-state index is 0.0672. The van der Waals surface area contributed by atoms with E-state index in [1.165, 1.54) is 21.8 Å². The third-order valence-electron chi connectivity index (χ3n) is 5.81. The summed E-state index contributed by atoms with van der Waals surface area (Å²) in [6, 6.07) is 7.84. The van der Waals surface area contributed by atoms with E-state index in [4.69, 9.17) is 5.26 Å². The van der Waals surface area contributed by atoms with Gasteiger partial charge in [-0.3, -0.25) is 9.59 Å². The Morgan fingerprint density at radius 1 is 1.38 bits per heavy atom. The van der Waals surface area contributed by atoms with E-state index >= 15 is 0 Å². The number of fused-ring (bicyclic) bond motifs is 4. The molecule has 8 nitrogen and oxygen atoms in total. The number of anilines is 2. The molecule has 0 fully saturated rings. The lowest BCUT2D eigenvalue weighted by atomic mass is 9.87. The molecular weight excluding hydrogens is 444 g/mol. The van der Waals surface area contributed by atoms with E-state index in [1.807, 2.05) is 18.2 Å². The Kier molecular flexibility index (Phi) is 5.36. The van der Waals surface area contributed by atoms with Crippen LogP contribution in [0.3, 0.4) is 0 Å². The summed E-state index contributed by atoms with van der Waals surface area (Å²) in [4.78, 5) is 39.9. The molecule has 2 N–H and O–H groups in total. The fourth-order valence-electron chi connectivity index (χ4n) is 4.22. The molecule has 10 heteroatoms. The van der Waals surface area contributed by atoms with Gasteiger partial charge in [-0.2, -0.15) is 5.26 Å². The van der Waals surface area contributed by atoms with Crippen molar-refractivity contribution in [3.8, 4) is 6.07 Å². The first kappa shape index (κ1) is 20.6. The van der Waals surface area contributed by atoms with E-state index in [0.717, 1.165) is 44.8 Å². The van der Waals surface area contributed by atoms with Crippen LogP contribution in [0.4, 0.5) is 11.5 Å². The number of hydrogen-bond acceptors (Lipinski definition) is 8. The number of hydrogen-bond donors (Lipinski definition) is 2.